The molecular weight excluding hydrogens is 216 g/mol. The van der Waals surface area contributed by atoms with Gasteiger partial charge in [0.25, 0.3) is 0 Å². The second-order valence-corrected chi connectivity index (χ2v) is 6.02. The molecule has 0 aromatic carbocycles. The molecule has 0 aliphatic heterocycles. The smallest absolute Gasteiger partial charge is 0.377 e. The number of hydrogen-bond donors (Lipinski definition) is 0. The van der Waals surface area contributed by atoms with Crippen molar-refractivity contribution < 1.29 is 13.3 Å². The quantitative estimate of drug-likeness (QED) is 0.613. The third kappa shape index (κ3) is 3.34. The van der Waals surface area contributed by atoms with Crippen LogP contribution < -0.4 is 0 Å². The molecular formula is C7H16N4O3Si. The lowest BCUT2D eigenvalue weighted by Gasteiger charge is -2.23. The summed E-state index contributed by atoms with van der Waals surface area (Å²) < 4.78 is 15.9. The standard InChI is InChI=1S/C7H16N4O3Si/c1-12-15(13-2,14-3)6-4-5-11-9-7-8-10-11/h7H,4-6H2,1-3H3. The van der Waals surface area contributed by atoms with Gasteiger partial charge in [-0.05, 0) is 11.6 Å². The largest absolute Gasteiger partial charge is 0.500 e. The molecule has 0 fully saturated rings. The van der Waals surface area contributed by atoms with Gasteiger partial charge in [0, 0.05) is 27.4 Å². The fourth-order valence-corrected chi connectivity index (χ4v) is 2.99. The Morgan fingerprint density at radius 2 is 1.87 bits per heavy atom. The summed E-state index contributed by atoms with van der Waals surface area (Å²) in [6.45, 7) is 0.685. The monoisotopic (exact) mass is 232 g/mol. The molecule has 15 heavy (non-hydrogen) atoms. The summed E-state index contributed by atoms with van der Waals surface area (Å²) in [4.78, 5) is 1.53. The molecule has 0 aliphatic carbocycles. The maximum Gasteiger partial charge on any atom is 0.500 e. The molecule has 0 N–H and O–H groups in total. The van der Waals surface area contributed by atoms with Gasteiger partial charge in [0.15, 0.2) is 6.33 Å². The van der Waals surface area contributed by atoms with Crippen molar-refractivity contribution in [2.24, 2.45) is 0 Å². The second kappa shape index (κ2) is 5.91. The Bertz CT molecular complexity index is 257. The Balaban J connectivity index is 2.34. The van der Waals surface area contributed by atoms with Crippen LogP contribution in [0.5, 0.6) is 0 Å². The van der Waals surface area contributed by atoms with Gasteiger partial charge in [0.05, 0.1) is 6.54 Å². The fourth-order valence-electron chi connectivity index (χ4n) is 1.28. The SMILES string of the molecule is CO[Si](CCCn1ncnn1)(OC)OC. The van der Waals surface area contributed by atoms with E-state index in [1.165, 1.54) is 11.1 Å². The highest BCUT2D eigenvalue weighted by molar-refractivity contribution is 6.60. The molecule has 0 spiro atoms. The molecule has 0 saturated heterocycles. The number of tetrazole rings is 1. The first-order chi connectivity index (χ1) is 7.26. The minimum Gasteiger partial charge on any atom is -0.377 e. The maximum atomic E-state index is 5.28. The summed E-state index contributed by atoms with van der Waals surface area (Å²) >= 11 is 0. The third-order valence-corrected chi connectivity index (χ3v) is 5.00. The van der Waals surface area contributed by atoms with E-state index in [-0.39, 0.29) is 0 Å². The van der Waals surface area contributed by atoms with Crippen molar-refractivity contribution in [2.75, 3.05) is 21.3 Å². The molecule has 0 bridgehead atoms. The highest BCUT2D eigenvalue weighted by Gasteiger charge is 2.36. The molecule has 8 heteroatoms. The number of hydrogen-bond acceptors (Lipinski definition) is 6. The number of rotatable bonds is 7. The van der Waals surface area contributed by atoms with Crippen LogP contribution in [-0.2, 0) is 19.8 Å². The topological polar surface area (TPSA) is 71.3 Å². The van der Waals surface area contributed by atoms with Gasteiger partial charge in [0.2, 0.25) is 0 Å². The molecule has 1 aromatic rings. The number of nitrogens with zero attached hydrogens (tertiary/aromatic N) is 4. The Morgan fingerprint density at radius 1 is 1.20 bits per heavy atom. The zero-order chi connectivity index (χ0) is 11.1. The molecule has 0 unspecified atom stereocenters. The zero-order valence-corrected chi connectivity index (χ0v) is 10.2. The van der Waals surface area contributed by atoms with Gasteiger partial charge in [0.1, 0.15) is 0 Å². The molecule has 0 amide bonds. The molecule has 1 heterocycles. The van der Waals surface area contributed by atoms with Gasteiger partial charge < -0.3 is 13.3 Å². The molecule has 7 nitrogen and oxygen atoms in total. The molecule has 0 saturated carbocycles. The van der Waals surface area contributed by atoms with E-state index in [1.54, 1.807) is 21.3 Å². The van der Waals surface area contributed by atoms with Crippen molar-refractivity contribution in [3.63, 3.8) is 0 Å². The summed E-state index contributed by atoms with van der Waals surface area (Å²) in [6.07, 6.45) is 2.24. The van der Waals surface area contributed by atoms with Crippen LogP contribution in [-0.4, -0.2) is 50.3 Å². The Labute approximate surface area is 89.7 Å². The van der Waals surface area contributed by atoms with Crippen LogP contribution in [0.15, 0.2) is 6.33 Å². The maximum absolute atomic E-state index is 5.28. The first-order valence-electron chi connectivity index (χ1n) is 4.62. The van der Waals surface area contributed by atoms with E-state index in [0.717, 1.165) is 12.5 Å². The van der Waals surface area contributed by atoms with Crippen molar-refractivity contribution in [1.29, 1.82) is 0 Å². The van der Waals surface area contributed by atoms with E-state index in [9.17, 15) is 0 Å². The summed E-state index contributed by atoms with van der Waals surface area (Å²) in [5.41, 5.74) is 0. The lowest BCUT2D eigenvalue weighted by Crippen LogP contribution is -2.42. The van der Waals surface area contributed by atoms with Crippen LogP contribution >= 0.6 is 0 Å². The number of aryl methyl sites for hydroxylation is 1. The molecule has 1 rings (SSSR count). The second-order valence-electron chi connectivity index (χ2n) is 2.93. The number of aromatic nitrogens is 4. The van der Waals surface area contributed by atoms with Crippen LogP contribution in [0.1, 0.15) is 6.42 Å². The Morgan fingerprint density at radius 3 is 2.33 bits per heavy atom. The van der Waals surface area contributed by atoms with Crippen LogP contribution in [0.25, 0.3) is 0 Å². The van der Waals surface area contributed by atoms with E-state index >= 15 is 0 Å². The van der Waals surface area contributed by atoms with E-state index in [1.807, 2.05) is 0 Å². The Kier molecular flexibility index (Phi) is 4.82. The van der Waals surface area contributed by atoms with Crippen LogP contribution in [0.2, 0.25) is 6.04 Å². The minimum atomic E-state index is -2.44. The van der Waals surface area contributed by atoms with Gasteiger partial charge in [-0.15, -0.1) is 10.2 Å². The van der Waals surface area contributed by atoms with Gasteiger partial charge >= 0.3 is 8.80 Å². The average molecular weight is 232 g/mol. The van der Waals surface area contributed by atoms with Gasteiger partial charge in [-0.3, -0.25) is 0 Å². The summed E-state index contributed by atoms with van der Waals surface area (Å²) in [6, 6.07) is 0.734. The van der Waals surface area contributed by atoms with Crippen LogP contribution in [0.3, 0.4) is 0 Å². The van der Waals surface area contributed by atoms with Crippen LogP contribution in [0.4, 0.5) is 0 Å². The van der Waals surface area contributed by atoms with E-state index in [4.69, 9.17) is 13.3 Å². The van der Waals surface area contributed by atoms with Crippen molar-refractivity contribution in [2.45, 2.75) is 19.0 Å². The highest BCUT2D eigenvalue weighted by atomic mass is 28.4. The lowest BCUT2D eigenvalue weighted by molar-refractivity contribution is 0.122. The van der Waals surface area contributed by atoms with Crippen molar-refractivity contribution in [1.82, 2.24) is 20.2 Å². The third-order valence-electron chi connectivity index (χ3n) is 2.17. The van der Waals surface area contributed by atoms with Gasteiger partial charge in [-0.25, -0.2) is 0 Å². The predicted molar refractivity (Wildman–Crippen MR) is 54.0 cm³/mol. The van der Waals surface area contributed by atoms with Crippen molar-refractivity contribution in [3.05, 3.63) is 6.33 Å². The molecule has 0 radical (unpaired) electrons. The summed E-state index contributed by atoms with van der Waals surface area (Å²) in [5, 5.41) is 11.3. The molecule has 1 aromatic heterocycles. The van der Waals surface area contributed by atoms with E-state index < -0.39 is 8.80 Å². The Hall–Kier alpha value is -0.833. The van der Waals surface area contributed by atoms with Crippen molar-refractivity contribution >= 4 is 8.80 Å². The minimum absolute atomic E-state index is 0.685. The van der Waals surface area contributed by atoms with Gasteiger partial charge in [-0.2, -0.15) is 4.80 Å². The van der Waals surface area contributed by atoms with E-state index in [0.29, 0.717) is 6.54 Å². The highest BCUT2D eigenvalue weighted by Crippen LogP contribution is 2.14. The fraction of sp³-hybridized carbons (Fsp3) is 0.857. The molecule has 0 aliphatic rings. The zero-order valence-electron chi connectivity index (χ0n) is 9.21. The van der Waals surface area contributed by atoms with Crippen LogP contribution in [0, 0.1) is 0 Å². The first kappa shape index (κ1) is 12.2. The molecule has 0 atom stereocenters. The average Bonchev–Trinajstić information content (AvgIpc) is 2.78. The first-order valence-corrected chi connectivity index (χ1v) is 6.56. The predicted octanol–water partition coefficient (Wildman–Crippen LogP) is -0.0587. The lowest BCUT2D eigenvalue weighted by atomic mass is 10.5. The van der Waals surface area contributed by atoms with Crippen molar-refractivity contribution in [3.8, 4) is 0 Å². The summed E-state index contributed by atoms with van der Waals surface area (Å²) in [7, 11) is 2.37. The van der Waals surface area contributed by atoms with E-state index in [2.05, 4.69) is 15.4 Å². The normalized spacial score (nSPS) is 11.9. The summed E-state index contributed by atoms with van der Waals surface area (Å²) in [5.74, 6) is 0. The van der Waals surface area contributed by atoms with Gasteiger partial charge in [-0.1, -0.05) is 0 Å². The molecule has 86 valence electrons.